The van der Waals surface area contributed by atoms with Crippen LogP contribution in [-0.4, -0.2) is 58.0 Å². The van der Waals surface area contributed by atoms with Gasteiger partial charge in [-0.25, -0.2) is 8.37 Å². The van der Waals surface area contributed by atoms with Gasteiger partial charge in [0.1, 0.15) is 0 Å². The second-order valence-electron chi connectivity index (χ2n) is 2.56. The normalized spacial score (nSPS) is 12.1. The summed E-state index contributed by atoms with van der Waals surface area (Å²) in [5.74, 6) is 0. The Morgan fingerprint density at radius 1 is 0.750 bits per heavy atom. The van der Waals surface area contributed by atoms with E-state index in [0.717, 1.165) is 0 Å². The van der Waals surface area contributed by atoms with E-state index in [1.807, 2.05) is 0 Å². The van der Waals surface area contributed by atoms with E-state index < -0.39 is 20.8 Å². The van der Waals surface area contributed by atoms with Crippen LogP contribution in [0.25, 0.3) is 0 Å². The molecule has 94 valence electrons. The first-order valence-electron chi connectivity index (χ1n) is 3.94. The molecular weight excluding hydrogens is 259 g/mol. The van der Waals surface area contributed by atoms with Crippen molar-refractivity contribution in [3.05, 3.63) is 0 Å². The van der Waals surface area contributed by atoms with E-state index in [1.54, 1.807) is 0 Å². The molecule has 0 spiro atoms. The standard InChI is InChI=1S/C5H12O8S2.Li.H/c6-14(7,8)12-4-2-1-3-5-13-15(9,10)11;;/h1-5H2,(H,6,7,8)(H,9,10,11);;. The molecule has 0 aromatic heterocycles. The van der Waals surface area contributed by atoms with Gasteiger partial charge in [-0.3, -0.25) is 9.11 Å². The summed E-state index contributed by atoms with van der Waals surface area (Å²) in [4.78, 5) is 0. The van der Waals surface area contributed by atoms with Crippen LogP contribution in [0.15, 0.2) is 0 Å². The van der Waals surface area contributed by atoms with Crippen LogP contribution >= 0.6 is 0 Å². The Labute approximate surface area is 106 Å². The van der Waals surface area contributed by atoms with Gasteiger partial charge in [0.2, 0.25) is 0 Å². The van der Waals surface area contributed by atoms with Crippen molar-refractivity contribution in [3.8, 4) is 0 Å². The van der Waals surface area contributed by atoms with Gasteiger partial charge in [-0.1, -0.05) is 0 Å². The van der Waals surface area contributed by atoms with Crippen molar-refractivity contribution in [2.24, 2.45) is 0 Å². The summed E-state index contributed by atoms with van der Waals surface area (Å²) in [6.45, 7) is -0.380. The van der Waals surface area contributed by atoms with E-state index >= 15 is 0 Å². The van der Waals surface area contributed by atoms with Gasteiger partial charge in [0, 0.05) is 0 Å². The summed E-state index contributed by atoms with van der Waals surface area (Å²) in [5.41, 5.74) is 0. The van der Waals surface area contributed by atoms with Crippen molar-refractivity contribution in [1.82, 2.24) is 0 Å². The SMILES string of the molecule is O=S(=O)(O)OCCCCCOS(=O)(=O)O.[LiH]. The average molecular weight is 272 g/mol. The van der Waals surface area contributed by atoms with Crippen LogP contribution in [0.2, 0.25) is 0 Å². The van der Waals surface area contributed by atoms with Gasteiger partial charge < -0.3 is 0 Å². The van der Waals surface area contributed by atoms with Crippen LogP contribution in [0, 0.1) is 0 Å². The van der Waals surface area contributed by atoms with E-state index in [9.17, 15) is 16.8 Å². The molecule has 11 heteroatoms. The van der Waals surface area contributed by atoms with Gasteiger partial charge >= 0.3 is 39.7 Å². The Morgan fingerprint density at radius 3 is 1.31 bits per heavy atom. The van der Waals surface area contributed by atoms with Gasteiger partial charge in [-0.15, -0.1) is 0 Å². The molecule has 0 amide bonds. The summed E-state index contributed by atoms with van der Waals surface area (Å²) in [6.07, 6.45) is 1.06. The summed E-state index contributed by atoms with van der Waals surface area (Å²) in [7, 11) is -8.81. The monoisotopic (exact) mass is 272 g/mol. The third-order valence-electron chi connectivity index (χ3n) is 1.25. The number of hydrogen-bond donors (Lipinski definition) is 2. The molecular formula is C5H13LiO8S2. The van der Waals surface area contributed by atoms with E-state index in [2.05, 4.69) is 8.37 Å². The Hall–Kier alpha value is 0.337. The molecule has 2 N–H and O–H groups in total. The molecule has 0 bridgehead atoms. The van der Waals surface area contributed by atoms with E-state index in [0.29, 0.717) is 19.3 Å². The molecule has 0 aliphatic heterocycles. The van der Waals surface area contributed by atoms with Crippen molar-refractivity contribution in [3.63, 3.8) is 0 Å². The predicted molar refractivity (Wildman–Crippen MR) is 56.0 cm³/mol. The van der Waals surface area contributed by atoms with Crippen LogP contribution in [-0.2, 0) is 29.2 Å². The molecule has 16 heavy (non-hydrogen) atoms. The summed E-state index contributed by atoms with van der Waals surface area (Å²) in [5, 5.41) is 0. The molecule has 0 rings (SSSR count). The van der Waals surface area contributed by atoms with Crippen molar-refractivity contribution in [2.75, 3.05) is 13.2 Å². The molecule has 8 nitrogen and oxygen atoms in total. The van der Waals surface area contributed by atoms with Gasteiger partial charge in [0.25, 0.3) is 0 Å². The van der Waals surface area contributed by atoms with Crippen molar-refractivity contribution >= 4 is 39.7 Å². The summed E-state index contributed by atoms with van der Waals surface area (Å²) < 4.78 is 64.5. The van der Waals surface area contributed by atoms with E-state index in [4.69, 9.17) is 9.11 Å². The molecule has 0 saturated carbocycles. The zero-order valence-electron chi connectivity index (χ0n) is 7.70. The number of hydrogen-bond acceptors (Lipinski definition) is 6. The maximum absolute atomic E-state index is 10.0. The summed E-state index contributed by atoms with van der Waals surface area (Å²) >= 11 is 0. The fraction of sp³-hybridized carbons (Fsp3) is 1.00. The van der Waals surface area contributed by atoms with E-state index in [1.165, 1.54) is 0 Å². The fourth-order valence-corrected chi connectivity index (χ4v) is 1.37. The zero-order chi connectivity index (χ0) is 11.9. The second kappa shape index (κ2) is 8.43. The third kappa shape index (κ3) is 16.8. The first-order chi connectivity index (χ1) is 6.71. The molecule has 0 aromatic rings. The Kier molecular flexibility index (Phi) is 9.85. The Bertz CT molecular complexity index is 324. The van der Waals surface area contributed by atoms with Crippen molar-refractivity contribution in [2.45, 2.75) is 19.3 Å². The number of rotatable bonds is 8. The third-order valence-corrected chi connectivity index (χ3v) is 2.18. The molecule has 0 radical (unpaired) electrons. The zero-order valence-corrected chi connectivity index (χ0v) is 9.33. The second-order valence-corrected chi connectivity index (χ2v) is 4.74. The van der Waals surface area contributed by atoms with Crippen LogP contribution in [0.4, 0.5) is 0 Å². The molecule has 0 aliphatic rings. The van der Waals surface area contributed by atoms with Gasteiger partial charge in [-0.2, -0.15) is 16.8 Å². The molecule has 0 aromatic carbocycles. The van der Waals surface area contributed by atoms with Crippen LogP contribution in [0.5, 0.6) is 0 Å². The molecule has 0 atom stereocenters. The first kappa shape index (κ1) is 18.7. The predicted octanol–water partition coefficient (Wildman–Crippen LogP) is -0.853. The van der Waals surface area contributed by atoms with Crippen LogP contribution in [0.3, 0.4) is 0 Å². The van der Waals surface area contributed by atoms with Crippen molar-refractivity contribution in [1.29, 1.82) is 0 Å². The van der Waals surface area contributed by atoms with E-state index in [-0.39, 0.29) is 32.1 Å². The Morgan fingerprint density at radius 2 is 1.06 bits per heavy atom. The maximum atomic E-state index is 10.0. The fourth-order valence-electron chi connectivity index (χ4n) is 0.709. The quantitative estimate of drug-likeness (QED) is 0.332. The number of unbranched alkanes of at least 4 members (excludes halogenated alkanes) is 2. The van der Waals surface area contributed by atoms with Gasteiger partial charge in [0.15, 0.2) is 0 Å². The minimum absolute atomic E-state index is 0. The minimum atomic E-state index is -4.41. The molecule has 0 heterocycles. The molecule has 0 saturated heterocycles. The van der Waals surface area contributed by atoms with Gasteiger partial charge in [-0.05, 0) is 19.3 Å². The van der Waals surface area contributed by atoms with Gasteiger partial charge in [0.05, 0.1) is 13.2 Å². The van der Waals surface area contributed by atoms with Crippen LogP contribution in [0.1, 0.15) is 19.3 Å². The topological polar surface area (TPSA) is 127 Å². The molecule has 0 aliphatic carbocycles. The average Bonchev–Trinajstić information content (AvgIpc) is 1.98. The summed E-state index contributed by atoms with van der Waals surface area (Å²) in [6, 6.07) is 0. The van der Waals surface area contributed by atoms with Crippen molar-refractivity contribution < 1.29 is 34.3 Å². The molecule has 0 unspecified atom stereocenters. The molecule has 0 fully saturated rings. The Balaban J connectivity index is 0. The first-order valence-corrected chi connectivity index (χ1v) is 6.67. The van der Waals surface area contributed by atoms with Crippen LogP contribution < -0.4 is 0 Å².